The van der Waals surface area contributed by atoms with Gasteiger partial charge in [0.25, 0.3) is 0 Å². The molecule has 4 aliphatic rings. The molecule has 8 aromatic rings. The molecular formula is C63H70N4Si2. The van der Waals surface area contributed by atoms with Gasteiger partial charge in [-0.2, -0.15) is 9.97 Å². The van der Waals surface area contributed by atoms with E-state index in [1.54, 1.807) is 0 Å². The van der Waals surface area contributed by atoms with E-state index in [-0.39, 0.29) is 20.7 Å². The van der Waals surface area contributed by atoms with Crippen LogP contribution in [0.5, 0.6) is 0 Å². The Hall–Kier alpha value is -5.44. The zero-order valence-corrected chi connectivity index (χ0v) is 40.7. The van der Waals surface area contributed by atoms with Gasteiger partial charge in [-0.05, 0) is 34.2 Å². The summed E-state index contributed by atoms with van der Waals surface area (Å²) in [6.45, 7) is 0. The van der Waals surface area contributed by atoms with Crippen molar-refractivity contribution in [1.82, 2.24) is 19.5 Å². The molecule has 0 amide bonds. The highest BCUT2D eigenvalue weighted by molar-refractivity contribution is 7.05. The van der Waals surface area contributed by atoms with Crippen molar-refractivity contribution < 1.29 is 35.6 Å². The number of aromatic nitrogens is 4. The van der Waals surface area contributed by atoms with E-state index in [9.17, 15) is 21.9 Å². The van der Waals surface area contributed by atoms with Gasteiger partial charge < -0.3 is 0 Å². The number of hydrogen-bond donors (Lipinski definition) is 0. The van der Waals surface area contributed by atoms with Gasteiger partial charge in [-0.25, -0.2) is 4.98 Å². The zero-order chi connectivity index (χ0) is 68.7. The van der Waals surface area contributed by atoms with E-state index in [0.29, 0.717) is 103 Å². The third-order valence-corrected chi connectivity index (χ3v) is 28.0. The summed E-state index contributed by atoms with van der Waals surface area (Å²) in [6.07, 6.45) is 12.2. The highest BCUT2D eigenvalue weighted by Crippen LogP contribution is 2.50. The van der Waals surface area contributed by atoms with Crippen LogP contribution in [-0.2, 0) is 0 Å². The molecule has 0 saturated heterocycles. The number of benzene rings is 6. The van der Waals surface area contributed by atoms with E-state index >= 15 is 0 Å². The molecule has 12 rings (SSSR count). The second-order valence-electron chi connectivity index (χ2n) is 19.6. The molecule has 69 heavy (non-hydrogen) atoms. The number of nitrogens with zero attached hydrogens (tertiary/aromatic N) is 4. The van der Waals surface area contributed by atoms with Crippen molar-refractivity contribution in [3.63, 3.8) is 0 Å². The third kappa shape index (κ3) is 8.08. The minimum Gasteiger partial charge on any atom is -0.278 e. The maximum absolute atomic E-state index is 10.8. The van der Waals surface area contributed by atoms with Crippen molar-refractivity contribution in [2.75, 3.05) is 0 Å². The first-order valence-corrected chi connectivity index (χ1v) is 29.5. The van der Waals surface area contributed by atoms with Gasteiger partial charge in [0.15, 0.2) is 11.6 Å². The molecule has 2 heterocycles. The second kappa shape index (κ2) is 19.8. The first-order chi connectivity index (χ1) is 45.0. The van der Waals surface area contributed by atoms with Crippen molar-refractivity contribution in [3.8, 4) is 28.7 Å². The van der Waals surface area contributed by atoms with E-state index < -0.39 is 246 Å². The molecule has 0 atom stereocenters. The molecule has 0 N–H and O–H groups in total. The molecule has 6 aromatic carbocycles. The molecule has 0 radical (unpaired) electrons. The molecule has 0 spiro atoms. The predicted molar refractivity (Wildman–Crippen MR) is 295 cm³/mol. The standard InChI is InChI=1S/C63H70N4Si2/c1-7-27-49(28-8-1)68(50-29-9-2-10-30-50,51-31-11-3-12-32-51)55-39-23-25-47(45-55)61-64-62(66-63(65-61)67-59-43-21-19-41-57(59)58-42-20-22-44-60(58)67)48-26-24-40-56(46-48)69(52-33-13-4-14-34-52,53-35-15-5-16-36-53)54-37-17-6-18-38-54/h1,4,7-8,13-14,19-28,33-34,39-46,50-51,53-54H,2-3,5-6,9-12,15-18,29-32,35-38H2/i1D,4D,7D,8D,13D,14D,19D,20D,21D,22D,23D,24D,25D,26D,27D,28D,33D,34D,39D,40D,41D,42D,43D,44D,45D,46D. The van der Waals surface area contributed by atoms with Gasteiger partial charge in [0.1, 0.15) is 16.1 Å². The minimum absolute atomic E-state index is 0.0377. The van der Waals surface area contributed by atoms with Gasteiger partial charge in [-0.15, -0.1) is 0 Å². The van der Waals surface area contributed by atoms with E-state index in [0.717, 1.165) is 30.3 Å². The van der Waals surface area contributed by atoms with Crippen LogP contribution in [0.2, 0.25) is 22.2 Å². The van der Waals surface area contributed by atoms with Crippen molar-refractivity contribution >= 4 is 58.7 Å². The number of rotatable bonds is 11. The molecule has 0 bridgehead atoms. The lowest BCUT2D eigenvalue weighted by Gasteiger charge is -2.48. The Kier molecular flexibility index (Phi) is 7.04. The number of hydrogen-bond acceptors (Lipinski definition) is 3. The normalized spacial score (nSPS) is 23.8. The quantitative estimate of drug-likeness (QED) is 0.121. The zero-order valence-electron chi connectivity index (χ0n) is 64.7. The SMILES string of the molecule is [2H]c1c([2H])c([2H])c([Si](c2c([2H])c([2H])c([2H])c(-c3nc(-c4c([2H])c([2H])c([2H])c([Si](c5c([2H])c([2H])c([2H])c([2H])c5[2H])(C5CCCCC5)C5CCCCC5)c4[2H])nc(-n4c5c([2H])c([2H])c([2H])c([2H])c5c5c([2H])c([2H])c([2H])c([2H])c54)n3)c2[2H])(C2CCCCC2)C2CCCCC2)c([2H])c1[2H]. The summed E-state index contributed by atoms with van der Waals surface area (Å²) in [6, 6.07) is -17.7. The molecule has 4 fully saturated rings. The smallest absolute Gasteiger partial charge is 0.238 e. The van der Waals surface area contributed by atoms with Gasteiger partial charge in [-0.1, -0.05) is 294 Å². The fourth-order valence-electron chi connectivity index (χ4n) is 13.3. The summed E-state index contributed by atoms with van der Waals surface area (Å²) >= 11 is 0. The van der Waals surface area contributed by atoms with E-state index in [4.69, 9.17) is 28.7 Å². The van der Waals surface area contributed by atoms with Gasteiger partial charge >= 0.3 is 0 Å². The number of para-hydroxylation sites is 2. The van der Waals surface area contributed by atoms with Crippen molar-refractivity contribution in [3.05, 3.63) is 157 Å². The van der Waals surface area contributed by atoms with E-state index in [2.05, 4.69) is 0 Å². The molecule has 6 heteroatoms. The molecule has 0 aliphatic heterocycles. The molecule has 4 saturated carbocycles. The van der Waals surface area contributed by atoms with Crippen molar-refractivity contribution in [2.24, 2.45) is 0 Å². The lowest BCUT2D eigenvalue weighted by atomic mass is 9.99. The Morgan fingerprint density at radius 3 is 1.06 bits per heavy atom. The molecule has 0 unspecified atom stereocenters. The number of fused-ring (bicyclic) bond motifs is 3. The lowest BCUT2D eigenvalue weighted by Crippen LogP contribution is -2.65. The fourth-order valence-corrected chi connectivity index (χ4v) is 26.0. The average molecular weight is 966 g/mol. The predicted octanol–water partition coefficient (Wildman–Crippen LogP) is 14.8. The Bertz CT molecular complexity index is 4160. The summed E-state index contributed by atoms with van der Waals surface area (Å²) < 4.78 is 249. The van der Waals surface area contributed by atoms with E-state index in [1.165, 1.54) is 0 Å². The van der Waals surface area contributed by atoms with Crippen LogP contribution in [0.3, 0.4) is 0 Å². The summed E-state index contributed by atoms with van der Waals surface area (Å²) in [5.74, 6) is -2.16. The van der Waals surface area contributed by atoms with Crippen LogP contribution in [0.4, 0.5) is 0 Å². The summed E-state index contributed by atoms with van der Waals surface area (Å²) in [5.41, 5.74) is -4.09. The largest absolute Gasteiger partial charge is 0.278 e. The van der Waals surface area contributed by atoms with E-state index in [1.807, 2.05) is 0 Å². The Morgan fingerprint density at radius 1 is 0.348 bits per heavy atom. The summed E-state index contributed by atoms with van der Waals surface area (Å²) in [7, 11) is -8.67. The van der Waals surface area contributed by atoms with Gasteiger partial charge in [0, 0.05) is 21.9 Å². The molecule has 4 nitrogen and oxygen atoms in total. The van der Waals surface area contributed by atoms with Crippen molar-refractivity contribution in [2.45, 2.75) is 151 Å². The Labute approximate surface area is 449 Å². The highest BCUT2D eigenvalue weighted by atomic mass is 28.3. The van der Waals surface area contributed by atoms with Crippen LogP contribution in [0.25, 0.3) is 50.5 Å². The average Bonchev–Trinajstić information content (AvgIpc) is 1.46. The van der Waals surface area contributed by atoms with Crippen LogP contribution < -0.4 is 20.7 Å². The van der Waals surface area contributed by atoms with Crippen LogP contribution >= 0.6 is 0 Å². The topological polar surface area (TPSA) is 43.6 Å². The van der Waals surface area contributed by atoms with Crippen LogP contribution in [0, 0.1) is 0 Å². The van der Waals surface area contributed by atoms with Crippen LogP contribution in [0.1, 0.15) is 164 Å². The monoisotopic (exact) mass is 965 g/mol. The maximum atomic E-state index is 10.8. The van der Waals surface area contributed by atoms with Gasteiger partial charge in [0.2, 0.25) is 5.95 Å². The molecule has 4 aliphatic carbocycles. The highest BCUT2D eigenvalue weighted by Gasteiger charge is 2.52. The minimum atomic E-state index is -4.33. The first kappa shape index (κ1) is 24.6. The molecule has 350 valence electrons. The van der Waals surface area contributed by atoms with Gasteiger partial charge in [-0.3, -0.25) is 4.57 Å². The molecule has 2 aromatic heterocycles. The second-order valence-corrected chi connectivity index (χ2v) is 28.4. The molecular weight excluding hydrogens is 869 g/mol. The maximum Gasteiger partial charge on any atom is 0.238 e. The summed E-state index contributed by atoms with van der Waals surface area (Å²) in [4.78, 5) is 14.8. The fraction of sp³-hybridized carbons (Fsp3) is 0.381. The van der Waals surface area contributed by atoms with Gasteiger partial charge in [0.05, 0.1) is 46.7 Å². The first-order valence-electron chi connectivity index (χ1n) is 38.2. The Morgan fingerprint density at radius 2 is 0.681 bits per heavy atom. The van der Waals surface area contributed by atoms with Crippen LogP contribution in [0.15, 0.2) is 157 Å². The van der Waals surface area contributed by atoms with Crippen molar-refractivity contribution in [1.29, 1.82) is 0 Å². The van der Waals surface area contributed by atoms with Crippen LogP contribution in [-0.4, -0.2) is 35.7 Å². The third-order valence-electron chi connectivity index (χ3n) is 16.2. The summed E-state index contributed by atoms with van der Waals surface area (Å²) in [5, 5.41) is -1.10. The lowest BCUT2D eigenvalue weighted by molar-refractivity contribution is 0.459. The Balaban J connectivity index is 1.30.